The zero-order valence-corrected chi connectivity index (χ0v) is 7.86. The van der Waals surface area contributed by atoms with Crippen LogP contribution in [0.5, 0.6) is 0 Å². The fourth-order valence-corrected chi connectivity index (χ4v) is 2.85. The highest BCUT2D eigenvalue weighted by molar-refractivity contribution is 7.99. The first-order chi connectivity index (χ1) is 5.38. The monoisotopic (exact) mass is 169 g/mol. The van der Waals surface area contributed by atoms with Gasteiger partial charge in [-0.2, -0.15) is 17.0 Å². The van der Waals surface area contributed by atoms with Crippen LogP contribution in [0.2, 0.25) is 0 Å². The van der Waals surface area contributed by atoms with Crippen LogP contribution in [0.15, 0.2) is 0 Å². The molecule has 0 aromatic heterocycles. The van der Waals surface area contributed by atoms with Crippen LogP contribution < -0.4 is 0 Å². The normalized spacial score (nSPS) is 31.3. The highest BCUT2D eigenvalue weighted by Crippen LogP contribution is 2.32. The van der Waals surface area contributed by atoms with Crippen molar-refractivity contribution in [3.63, 3.8) is 0 Å². The first kappa shape index (κ1) is 8.93. The molecule has 0 saturated heterocycles. The van der Waals surface area contributed by atoms with Gasteiger partial charge in [0.05, 0.1) is 12.0 Å². The molecule has 62 valence electrons. The molecule has 0 heterocycles. The van der Waals surface area contributed by atoms with Gasteiger partial charge in [-0.05, 0) is 18.6 Å². The van der Waals surface area contributed by atoms with Gasteiger partial charge in [-0.1, -0.05) is 19.8 Å². The highest BCUT2D eigenvalue weighted by Gasteiger charge is 2.24. The average molecular weight is 169 g/mol. The van der Waals surface area contributed by atoms with Crippen molar-refractivity contribution in [3.8, 4) is 6.07 Å². The lowest BCUT2D eigenvalue weighted by atomic mass is 9.90. The van der Waals surface area contributed by atoms with Crippen LogP contribution in [0.4, 0.5) is 0 Å². The second kappa shape index (κ2) is 4.66. The van der Waals surface area contributed by atoms with Gasteiger partial charge in [0, 0.05) is 5.25 Å². The van der Waals surface area contributed by atoms with E-state index < -0.39 is 0 Å². The molecule has 0 amide bonds. The number of hydrogen-bond donors (Lipinski definition) is 0. The Morgan fingerprint density at radius 3 is 2.82 bits per heavy atom. The molecule has 0 spiro atoms. The van der Waals surface area contributed by atoms with Gasteiger partial charge in [0.2, 0.25) is 0 Å². The van der Waals surface area contributed by atoms with Crippen molar-refractivity contribution < 1.29 is 0 Å². The van der Waals surface area contributed by atoms with Crippen LogP contribution in [-0.4, -0.2) is 11.0 Å². The molecule has 11 heavy (non-hydrogen) atoms. The summed E-state index contributed by atoms with van der Waals surface area (Å²) in [5.74, 6) is 1.50. The summed E-state index contributed by atoms with van der Waals surface area (Å²) in [6, 6.07) is 2.42. The Morgan fingerprint density at radius 2 is 2.18 bits per heavy atom. The van der Waals surface area contributed by atoms with E-state index in [1.165, 1.54) is 19.3 Å². The first-order valence-electron chi connectivity index (χ1n) is 4.39. The Morgan fingerprint density at radius 1 is 1.45 bits per heavy atom. The predicted molar refractivity (Wildman–Crippen MR) is 49.5 cm³/mol. The lowest BCUT2D eigenvalue weighted by Crippen LogP contribution is -2.20. The molecular weight excluding hydrogens is 154 g/mol. The maximum absolute atomic E-state index is 8.82. The van der Waals surface area contributed by atoms with Crippen LogP contribution in [0.25, 0.3) is 0 Å². The molecular formula is C9H15NS. The van der Waals surface area contributed by atoms with E-state index in [-0.39, 0.29) is 0 Å². The largest absolute Gasteiger partial charge is 0.198 e. The van der Waals surface area contributed by atoms with Crippen molar-refractivity contribution in [1.29, 1.82) is 5.26 Å². The molecule has 0 aromatic carbocycles. The summed E-state index contributed by atoms with van der Waals surface area (Å²) in [6.07, 6.45) is 4.99. The van der Waals surface area contributed by atoms with E-state index >= 15 is 0 Å². The van der Waals surface area contributed by atoms with E-state index in [4.69, 9.17) is 5.26 Å². The van der Waals surface area contributed by atoms with Crippen molar-refractivity contribution in [1.82, 2.24) is 0 Å². The van der Waals surface area contributed by atoms with Crippen LogP contribution in [0, 0.1) is 17.2 Å². The van der Waals surface area contributed by atoms with Crippen molar-refractivity contribution in [2.75, 3.05) is 5.75 Å². The fraction of sp³-hybridized carbons (Fsp3) is 0.889. The number of nitrogens with zero attached hydrogens (tertiary/aromatic N) is 1. The molecule has 1 rings (SSSR count). The van der Waals surface area contributed by atoms with E-state index in [1.54, 1.807) is 0 Å². The van der Waals surface area contributed by atoms with Gasteiger partial charge in [0.1, 0.15) is 0 Å². The molecule has 0 N–H and O–H groups in total. The van der Waals surface area contributed by atoms with E-state index in [0.717, 1.165) is 12.2 Å². The maximum Gasteiger partial charge on any atom is 0.0667 e. The zero-order valence-electron chi connectivity index (χ0n) is 7.05. The highest BCUT2D eigenvalue weighted by atomic mass is 32.2. The Kier molecular flexibility index (Phi) is 3.79. The van der Waals surface area contributed by atoms with Gasteiger partial charge in [-0.3, -0.25) is 0 Å². The van der Waals surface area contributed by atoms with Gasteiger partial charge in [-0.25, -0.2) is 0 Å². The minimum atomic E-state index is 0.341. The van der Waals surface area contributed by atoms with Crippen LogP contribution in [0.1, 0.15) is 32.6 Å². The predicted octanol–water partition coefficient (Wildman–Crippen LogP) is 2.82. The number of nitriles is 1. The third-order valence-corrected chi connectivity index (χ3v) is 3.57. The van der Waals surface area contributed by atoms with E-state index in [2.05, 4.69) is 13.0 Å². The smallest absolute Gasteiger partial charge is 0.0667 e. The van der Waals surface area contributed by atoms with Crippen molar-refractivity contribution in [2.24, 2.45) is 5.92 Å². The van der Waals surface area contributed by atoms with Crippen LogP contribution in [0.3, 0.4) is 0 Å². The average Bonchev–Trinajstić information content (AvgIpc) is 2.06. The molecule has 1 nitrogen and oxygen atoms in total. The van der Waals surface area contributed by atoms with Gasteiger partial charge in [-0.15, -0.1) is 0 Å². The molecule has 1 saturated carbocycles. The fourth-order valence-electron chi connectivity index (χ4n) is 1.66. The molecule has 0 aliphatic heterocycles. The molecule has 2 atom stereocenters. The second-order valence-corrected chi connectivity index (χ2v) is 4.53. The van der Waals surface area contributed by atoms with E-state index in [9.17, 15) is 0 Å². The number of hydrogen-bond acceptors (Lipinski definition) is 2. The number of rotatable bonds is 2. The second-order valence-electron chi connectivity index (χ2n) is 3.01. The summed E-state index contributed by atoms with van der Waals surface area (Å²) in [5.41, 5.74) is 0. The molecule has 0 bridgehead atoms. The standard InChI is InChI=1S/C9H15NS/c1-2-11-9-6-4-3-5-8(9)7-10/h8-9H,2-6H2,1H3. The van der Waals surface area contributed by atoms with Gasteiger partial charge in [0.15, 0.2) is 0 Å². The van der Waals surface area contributed by atoms with Gasteiger partial charge in [0.25, 0.3) is 0 Å². The molecule has 1 fully saturated rings. The summed E-state index contributed by atoms with van der Waals surface area (Å²) in [7, 11) is 0. The topological polar surface area (TPSA) is 23.8 Å². The molecule has 0 aromatic rings. The van der Waals surface area contributed by atoms with Crippen molar-refractivity contribution >= 4 is 11.8 Å². The maximum atomic E-state index is 8.82. The van der Waals surface area contributed by atoms with Gasteiger partial charge < -0.3 is 0 Å². The summed E-state index contributed by atoms with van der Waals surface area (Å²) in [5, 5.41) is 9.46. The Bertz CT molecular complexity index is 148. The minimum absolute atomic E-state index is 0.341. The molecule has 2 unspecified atom stereocenters. The molecule has 2 heteroatoms. The summed E-state index contributed by atoms with van der Waals surface area (Å²) in [4.78, 5) is 0. The third-order valence-electron chi connectivity index (χ3n) is 2.25. The quantitative estimate of drug-likeness (QED) is 0.634. The summed E-state index contributed by atoms with van der Waals surface area (Å²) >= 11 is 1.96. The van der Waals surface area contributed by atoms with E-state index in [1.807, 2.05) is 11.8 Å². The Hall–Kier alpha value is -0.160. The summed E-state index contributed by atoms with van der Waals surface area (Å²) in [6.45, 7) is 2.17. The van der Waals surface area contributed by atoms with Crippen molar-refractivity contribution in [3.05, 3.63) is 0 Å². The number of thioether (sulfide) groups is 1. The molecule has 0 radical (unpaired) electrons. The zero-order chi connectivity index (χ0) is 8.10. The van der Waals surface area contributed by atoms with Crippen LogP contribution in [-0.2, 0) is 0 Å². The summed E-state index contributed by atoms with van der Waals surface area (Å²) < 4.78 is 0. The SMILES string of the molecule is CCSC1CCCCC1C#N. The molecule has 1 aliphatic rings. The minimum Gasteiger partial charge on any atom is -0.198 e. The van der Waals surface area contributed by atoms with Crippen LogP contribution >= 0.6 is 11.8 Å². The van der Waals surface area contributed by atoms with Gasteiger partial charge >= 0.3 is 0 Å². The van der Waals surface area contributed by atoms with E-state index in [0.29, 0.717) is 11.2 Å². The lowest BCUT2D eigenvalue weighted by molar-refractivity contribution is 0.439. The van der Waals surface area contributed by atoms with Crippen molar-refractivity contribution in [2.45, 2.75) is 37.9 Å². The first-order valence-corrected chi connectivity index (χ1v) is 5.44. The molecule has 1 aliphatic carbocycles. The lowest BCUT2D eigenvalue weighted by Gasteiger charge is -2.25. The third kappa shape index (κ3) is 2.41. The Labute approximate surface area is 73.2 Å². The Balaban J connectivity index is 2.39.